The molecule has 1 aliphatic carbocycles. The molecule has 0 amide bonds. The molecule has 2 rings (SSSR count). The molecule has 0 aromatic carbocycles. The van der Waals surface area contributed by atoms with Gasteiger partial charge in [0, 0.05) is 12.6 Å². The highest BCUT2D eigenvalue weighted by molar-refractivity contribution is 5.15. The molecule has 108 valence electrons. The van der Waals surface area contributed by atoms with Crippen LogP contribution in [0.4, 0.5) is 0 Å². The summed E-state index contributed by atoms with van der Waals surface area (Å²) in [5.41, 5.74) is -1.25. The third-order valence-corrected chi connectivity index (χ3v) is 5.44. The van der Waals surface area contributed by atoms with Crippen LogP contribution in [0.25, 0.3) is 0 Å². The Bertz CT molecular complexity index is 362. The van der Waals surface area contributed by atoms with Crippen molar-refractivity contribution in [3.8, 4) is 6.07 Å². The van der Waals surface area contributed by atoms with Gasteiger partial charge < -0.3 is 10.0 Å². The van der Waals surface area contributed by atoms with Gasteiger partial charge in [0.1, 0.15) is 0 Å². The molecular weight excluding hydrogens is 236 g/mol. The van der Waals surface area contributed by atoms with Crippen molar-refractivity contribution >= 4 is 0 Å². The van der Waals surface area contributed by atoms with Crippen LogP contribution in [0.1, 0.15) is 59.3 Å². The number of nitriles is 1. The Morgan fingerprint density at radius 2 is 2.00 bits per heavy atom. The third kappa shape index (κ3) is 2.66. The molecule has 3 heteroatoms. The first-order valence-corrected chi connectivity index (χ1v) is 7.80. The Labute approximate surface area is 117 Å². The van der Waals surface area contributed by atoms with Crippen molar-refractivity contribution in [2.24, 2.45) is 11.3 Å². The number of rotatable bonds is 2. The van der Waals surface area contributed by atoms with E-state index in [1.807, 2.05) is 0 Å². The summed E-state index contributed by atoms with van der Waals surface area (Å²) >= 11 is 0. The molecule has 2 aliphatic rings. The molecule has 0 bridgehead atoms. The van der Waals surface area contributed by atoms with E-state index in [2.05, 4.69) is 31.7 Å². The fraction of sp³-hybridized carbons (Fsp3) is 0.938. The van der Waals surface area contributed by atoms with E-state index >= 15 is 0 Å². The van der Waals surface area contributed by atoms with Gasteiger partial charge in [-0.05, 0) is 64.8 Å². The van der Waals surface area contributed by atoms with E-state index in [1.54, 1.807) is 0 Å². The largest absolute Gasteiger partial charge is 0.388 e. The smallest absolute Gasteiger partial charge is 0.0863 e. The van der Waals surface area contributed by atoms with E-state index in [1.165, 1.54) is 0 Å². The molecule has 3 atom stereocenters. The van der Waals surface area contributed by atoms with Gasteiger partial charge in [-0.15, -0.1) is 0 Å². The van der Waals surface area contributed by atoms with Gasteiger partial charge in [0.15, 0.2) is 0 Å². The van der Waals surface area contributed by atoms with Crippen molar-refractivity contribution in [2.75, 3.05) is 13.1 Å². The summed E-state index contributed by atoms with van der Waals surface area (Å²) in [5, 5.41) is 20.9. The van der Waals surface area contributed by atoms with Crippen LogP contribution in [0, 0.1) is 22.7 Å². The number of hydrogen-bond acceptors (Lipinski definition) is 3. The van der Waals surface area contributed by atoms with E-state index in [0.29, 0.717) is 12.0 Å². The number of hydrogen-bond donors (Lipinski definition) is 1. The molecule has 1 saturated heterocycles. The average Bonchev–Trinajstić information content (AvgIpc) is 2.64. The summed E-state index contributed by atoms with van der Waals surface area (Å²) in [5.74, 6) is 0.577. The summed E-state index contributed by atoms with van der Waals surface area (Å²) in [4.78, 5) is 2.43. The van der Waals surface area contributed by atoms with E-state index in [9.17, 15) is 10.4 Å². The second-order valence-corrected chi connectivity index (χ2v) is 7.06. The standard InChI is InChI=1S/C16H28N2O/c1-13(2)18-9-4-6-16(19,8-10-18)15(12-17)7-5-14(3)11-15/h13-14,19H,4-11H2,1-3H3. The Balaban J connectivity index is 2.16. The zero-order valence-electron chi connectivity index (χ0n) is 12.7. The molecule has 1 aliphatic heterocycles. The molecule has 1 saturated carbocycles. The molecular formula is C16H28N2O. The average molecular weight is 264 g/mol. The van der Waals surface area contributed by atoms with Crippen molar-refractivity contribution in [3.05, 3.63) is 0 Å². The molecule has 0 spiro atoms. The van der Waals surface area contributed by atoms with Gasteiger partial charge in [0.05, 0.1) is 17.1 Å². The van der Waals surface area contributed by atoms with Crippen LogP contribution in [0.3, 0.4) is 0 Å². The van der Waals surface area contributed by atoms with Crippen molar-refractivity contribution < 1.29 is 5.11 Å². The van der Waals surface area contributed by atoms with Crippen LogP contribution in [-0.2, 0) is 0 Å². The first-order valence-electron chi connectivity index (χ1n) is 7.80. The van der Waals surface area contributed by atoms with Crippen molar-refractivity contribution in [3.63, 3.8) is 0 Å². The predicted octanol–water partition coefficient (Wildman–Crippen LogP) is 2.94. The molecule has 1 N–H and O–H groups in total. The van der Waals surface area contributed by atoms with E-state index < -0.39 is 11.0 Å². The van der Waals surface area contributed by atoms with Gasteiger partial charge in [0.2, 0.25) is 0 Å². The number of aliphatic hydroxyl groups is 1. The highest BCUT2D eigenvalue weighted by Gasteiger charge is 2.53. The lowest BCUT2D eigenvalue weighted by Crippen LogP contribution is -2.47. The normalized spacial score (nSPS) is 41.2. The minimum absolute atomic E-state index is 0.487. The minimum atomic E-state index is -0.768. The zero-order chi connectivity index (χ0) is 14.1. The number of likely N-dealkylation sites (tertiary alicyclic amines) is 1. The zero-order valence-corrected chi connectivity index (χ0v) is 12.7. The Morgan fingerprint density at radius 3 is 2.53 bits per heavy atom. The fourth-order valence-corrected chi connectivity index (χ4v) is 4.05. The van der Waals surface area contributed by atoms with Crippen LogP contribution in [0.15, 0.2) is 0 Å². The highest BCUT2D eigenvalue weighted by atomic mass is 16.3. The first kappa shape index (κ1) is 14.8. The topological polar surface area (TPSA) is 47.3 Å². The number of nitrogens with zero attached hydrogens (tertiary/aromatic N) is 2. The molecule has 19 heavy (non-hydrogen) atoms. The maximum Gasteiger partial charge on any atom is 0.0863 e. The van der Waals surface area contributed by atoms with Crippen LogP contribution in [-0.4, -0.2) is 34.7 Å². The van der Waals surface area contributed by atoms with Gasteiger partial charge in [-0.3, -0.25) is 0 Å². The van der Waals surface area contributed by atoms with Gasteiger partial charge in [-0.1, -0.05) is 6.92 Å². The van der Waals surface area contributed by atoms with Crippen LogP contribution in [0.5, 0.6) is 0 Å². The lowest BCUT2D eigenvalue weighted by Gasteiger charge is -2.40. The van der Waals surface area contributed by atoms with Gasteiger partial charge in [-0.2, -0.15) is 5.26 Å². The maximum atomic E-state index is 11.2. The van der Waals surface area contributed by atoms with Crippen molar-refractivity contribution in [1.29, 1.82) is 5.26 Å². The summed E-state index contributed by atoms with van der Waals surface area (Å²) in [7, 11) is 0. The molecule has 2 fully saturated rings. The fourth-order valence-electron chi connectivity index (χ4n) is 4.05. The summed E-state index contributed by atoms with van der Waals surface area (Å²) in [6.45, 7) is 8.60. The van der Waals surface area contributed by atoms with Gasteiger partial charge in [-0.25, -0.2) is 0 Å². The Kier molecular flexibility index (Phi) is 4.23. The van der Waals surface area contributed by atoms with E-state index in [4.69, 9.17) is 0 Å². The first-order chi connectivity index (χ1) is 8.92. The Hall–Kier alpha value is -0.590. The quantitative estimate of drug-likeness (QED) is 0.834. The van der Waals surface area contributed by atoms with Gasteiger partial charge in [0.25, 0.3) is 0 Å². The molecule has 0 aromatic heterocycles. The van der Waals surface area contributed by atoms with E-state index in [-0.39, 0.29) is 0 Å². The monoisotopic (exact) mass is 264 g/mol. The molecule has 1 heterocycles. The second kappa shape index (κ2) is 5.42. The summed E-state index contributed by atoms with van der Waals surface area (Å²) in [6.07, 6.45) is 5.39. The summed E-state index contributed by atoms with van der Waals surface area (Å²) < 4.78 is 0. The van der Waals surface area contributed by atoms with Gasteiger partial charge >= 0.3 is 0 Å². The Morgan fingerprint density at radius 1 is 1.26 bits per heavy atom. The maximum absolute atomic E-state index is 11.2. The highest BCUT2D eigenvalue weighted by Crippen LogP contribution is 2.52. The second-order valence-electron chi connectivity index (χ2n) is 7.06. The molecule has 0 aromatic rings. The SMILES string of the molecule is CC1CCC(C#N)(C2(O)CCCN(C(C)C)CC2)C1. The lowest BCUT2D eigenvalue weighted by atomic mass is 9.67. The lowest BCUT2D eigenvalue weighted by molar-refractivity contribution is -0.0657. The molecule has 0 radical (unpaired) electrons. The summed E-state index contributed by atoms with van der Waals surface area (Å²) in [6, 6.07) is 3.05. The van der Waals surface area contributed by atoms with Crippen LogP contribution in [0.2, 0.25) is 0 Å². The van der Waals surface area contributed by atoms with Crippen molar-refractivity contribution in [2.45, 2.75) is 70.9 Å². The molecule has 3 unspecified atom stereocenters. The van der Waals surface area contributed by atoms with Crippen molar-refractivity contribution in [1.82, 2.24) is 4.90 Å². The molecule has 3 nitrogen and oxygen atoms in total. The van der Waals surface area contributed by atoms with Crippen LogP contribution < -0.4 is 0 Å². The van der Waals surface area contributed by atoms with Crippen LogP contribution >= 0.6 is 0 Å². The predicted molar refractivity (Wildman–Crippen MR) is 76.6 cm³/mol. The third-order valence-electron chi connectivity index (χ3n) is 5.44. The van der Waals surface area contributed by atoms with E-state index in [0.717, 1.165) is 51.6 Å². The minimum Gasteiger partial charge on any atom is -0.388 e.